The number of nitrogens with one attached hydrogen (secondary N) is 1. The first-order valence-electron chi connectivity index (χ1n) is 5.45. The second-order valence-corrected chi connectivity index (χ2v) is 4.06. The van der Waals surface area contributed by atoms with Crippen LogP contribution in [-0.4, -0.2) is 10.9 Å². The quantitative estimate of drug-likeness (QED) is 0.828. The molecule has 2 heterocycles. The average Bonchev–Trinajstić information content (AvgIpc) is 2.37. The van der Waals surface area contributed by atoms with Crippen LogP contribution in [0.1, 0.15) is 15.9 Å². The van der Waals surface area contributed by atoms with Gasteiger partial charge >= 0.3 is 0 Å². The number of hydrogen-bond donors (Lipinski definition) is 2. The summed E-state index contributed by atoms with van der Waals surface area (Å²) in [5.74, 6) is -0.340. The molecule has 0 bridgehead atoms. The summed E-state index contributed by atoms with van der Waals surface area (Å²) in [7, 11) is 0. The smallest absolute Gasteiger partial charge is 0.251 e. The van der Waals surface area contributed by atoms with Gasteiger partial charge in [0.15, 0.2) is 0 Å². The lowest BCUT2D eigenvalue weighted by molar-refractivity contribution is 0.1000. The van der Waals surface area contributed by atoms with Crippen LogP contribution in [0.15, 0.2) is 35.1 Å². The lowest BCUT2D eigenvalue weighted by Gasteiger charge is -2.21. The fourth-order valence-electron chi connectivity index (χ4n) is 2.15. The number of ether oxygens (including phenoxy) is 1. The number of nitrogens with two attached hydrogens (primary N) is 1. The predicted molar refractivity (Wildman–Crippen MR) is 72.6 cm³/mol. The van der Waals surface area contributed by atoms with Gasteiger partial charge in [-0.1, -0.05) is 24.3 Å². The molecule has 3 N–H and O–H groups in total. The van der Waals surface area contributed by atoms with Crippen LogP contribution in [-0.2, 0) is 6.61 Å². The van der Waals surface area contributed by atoms with Crippen LogP contribution < -0.4 is 16.0 Å². The zero-order chi connectivity index (χ0) is 12.7. The van der Waals surface area contributed by atoms with Crippen molar-refractivity contribution < 1.29 is 9.53 Å². The molecule has 0 aliphatic carbocycles. The van der Waals surface area contributed by atoms with E-state index in [2.05, 4.69) is 4.98 Å². The number of pyridine rings is 1. The number of rotatable bonds is 1. The van der Waals surface area contributed by atoms with Crippen molar-refractivity contribution in [2.24, 2.45) is 5.73 Å². The Kier molecular flexibility index (Phi) is 3.31. The van der Waals surface area contributed by atoms with Crippen molar-refractivity contribution in [3.63, 3.8) is 0 Å². The van der Waals surface area contributed by atoms with E-state index in [1.807, 2.05) is 24.3 Å². The maximum absolute atomic E-state index is 11.4. The Morgan fingerprint density at radius 2 is 2.05 bits per heavy atom. The van der Waals surface area contributed by atoms with Gasteiger partial charge in [0, 0.05) is 6.07 Å². The molecule has 5 nitrogen and oxygen atoms in total. The molecule has 0 saturated heterocycles. The molecular formula is C13H11ClN2O3. The number of aromatic amines is 1. The van der Waals surface area contributed by atoms with Crippen LogP contribution in [0.2, 0.25) is 0 Å². The van der Waals surface area contributed by atoms with E-state index in [4.69, 9.17) is 10.5 Å². The molecule has 19 heavy (non-hydrogen) atoms. The van der Waals surface area contributed by atoms with Gasteiger partial charge in [-0.15, -0.1) is 12.4 Å². The molecule has 0 atom stereocenters. The Labute approximate surface area is 114 Å². The van der Waals surface area contributed by atoms with E-state index < -0.39 is 11.5 Å². The van der Waals surface area contributed by atoms with Gasteiger partial charge in [-0.2, -0.15) is 0 Å². The summed E-state index contributed by atoms with van der Waals surface area (Å²) in [6, 6.07) is 8.74. The van der Waals surface area contributed by atoms with Gasteiger partial charge in [0.25, 0.3) is 5.56 Å². The van der Waals surface area contributed by atoms with Crippen LogP contribution in [0.3, 0.4) is 0 Å². The van der Waals surface area contributed by atoms with Crippen molar-refractivity contribution in [2.75, 3.05) is 0 Å². The molecule has 1 aliphatic rings. The van der Waals surface area contributed by atoms with Crippen molar-refractivity contribution >= 4 is 18.3 Å². The van der Waals surface area contributed by atoms with Crippen molar-refractivity contribution in [2.45, 2.75) is 6.61 Å². The van der Waals surface area contributed by atoms with Crippen molar-refractivity contribution in [1.29, 1.82) is 0 Å². The standard InChI is InChI=1S/C13H10N2O3.ClH/c14-12(17)9-5-10(16)15-13-11(9)8-4-2-1-3-7(8)6-18-13;/h1-5H,6H2,(H2,14,17)(H,15,16);1H. The molecule has 0 radical (unpaired) electrons. The molecule has 1 amide bonds. The second kappa shape index (κ2) is 4.78. The van der Waals surface area contributed by atoms with Crippen LogP contribution in [0, 0.1) is 0 Å². The molecule has 0 unspecified atom stereocenters. The predicted octanol–water partition coefficient (Wildman–Crippen LogP) is 1.46. The van der Waals surface area contributed by atoms with Crippen LogP contribution in [0.5, 0.6) is 5.88 Å². The molecule has 1 aliphatic heterocycles. The zero-order valence-corrected chi connectivity index (χ0v) is 10.6. The number of aromatic nitrogens is 1. The number of benzene rings is 1. The van der Waals surface area contributed by atoms with Crippen LogP contribution in [0.25, 0.3) is 11.1 Å². The molecule has 6 heteroatoms. The normalized spacial score (nSPS) is 11.6. The second-order valence-electron chi connectivity index (χ2n) is 4.06. The Balaban J connectivity index is 0.00000133. The molecule has 3 rings (SSSR count). The van der Waals surface area contributed by atoms with Crippen molar-refractivity contribution in [1.82, 2.24) is 4.98 Å². The Morgan fingerprint density at radius 3 is 2.79 bits per heavy atom. The Bertz CT molecular complexity index is 709. The summed E-state index contributed by atoms with van der Waals surface area (Å²) in [6.45, 7) is 0.362. The summed E-state index contributed by atoms with van der Waals surface area (Å²) in [5.41, 5.74) is 7.48. The summed E-state index contributed by atoms with van der Waals surface area (Å²) < 4.78 is 5.46. The van der Waals surface area contributed by atoms with Crippen molar-refractivity contribution in [3.8, 4) is 17.0 Å². The third kappa shape index (κ3) is 2.08. The summed E-state index contributed by atoms with van der Waals surface area (Å²) in [5, 5.41) is 0. The number of amides is 1. The van der Waals surface area contributed by atoms with E-state index in [1.165, 1.54) is 6.07 Å². The van der Waals surface area contributed by atoms with E-state index in [0.29, 0.717) is 18.1 Å². The molecule has 2 aromatic rings. The first kappa shape index (κ1) is 13.2. The SMILES string of the molecule is Cl.NC(=O)c1cc(=O)[nH]c2c1-c1ccccc1CO2. The Morgan fingerprint density at radius 1 is 1.32 bits per heavy atom. The molecule has 98 valence electrons. The highest BCUT2D eigenvalue weighted by Gasteiger charge is 2.23. The maximum Gasteiger partial charge on any atom is 0.251 e. The fourth-order valence-corrected chi connectivity index (χ4v) is 2.15. The highest BCUT2D eigenvalue weighted by molar-refractivity contribution is 6.01. The average molecular weight is 279 g/mol. The number of fused-ring (bicyclic) bond motifs is 3. The lowest BCUT2D eigenvalue weighted by Crippen LogP contribution is -2.21. The van der Waals surface area contributed by atoms with Crippen molar-refractivity contribution in [3.05, 3.63) is 51.8 Å². The number of carbonyl (C=O) groups excluding carboxylic acids is 1. The summed E-state index contributed by atoms with van der Waals surface area (Å²) >= 11 is 0. The van der Waals surface area contributed by atoms with Gasteiger partial charge < -0.3 is 10.5 Å². The maximum atomic E-state index is 11.4. The Hall–Kier alpha value is -2.27. The third-order valence-corrected chi connectivity index (χ3v) is 2.93. The van der Waals surface area contributed by atoms with Gasteiger partial charge in [-0.25, -0.2) is 0 Å². The molecule has 0 spiro atoms. The van der Waals surface area contributed by atoms with Gasteiger partial charge in [-0.3, -0.25) is 14.6 Å². The van der Waals surface area contributed by atoms with E-state index in [9.17, 15) is 9.59 Å². The largest absolute Gasteiger partial charge is 0.474 e. The number of hydrogen-bond acceptors (Lipinski definition) is 3. The van der Waals surface area contributed by atoms with E-state index >= 15 is 0 Å². The highest BCUT2D eigenvalue weighted by Crippen LogP contribution is 2.37. The van der Waals surface area contributed by atoms with Gasteiger partial charge in [0.05, 0.1) is 11.1 Å². The van der Waals surface area contributed by atoms with Gasteiger partial charge in [0.2, 0.25) is 11.8 Å². The number of halogens is 1. The van der Waals surface area contributed by atoms with Crippen LogP contribution >= 0.6 is 12.4 Å². The van der Waals surface area contributed by atoms with Crippen LogP contribution in [0.4, 0.5) is 0 Å². The third-order valence-electron chi connectivity index (χ3n) is 2.93. The minimum Gasteiger partial charge on any atom is -0.474 e. The monoisotopic (exact) mass is 278 g/mol. The van der Waals surface area contributed by atoms with E-state index in [0.717, 1.165) is 11.1 Å². The minimum atomic E-state index is -0.641. The van der Waals surface area contributed by atoms with Gasteiger partial charge in [0.1, 0.15) is 6.61 Å². The zero-order valence-electron chi connectivity index (χ0n) is 9.80. The summed E-state index contributed by atoms with van der Waals surface area (Å²) in [4.78, 5) is 25.5. The first-order chi connectivity index (χ1) is 8.66. The van der Waals surface area contributed by atoms with E-state index in [-0.39, 0.29) is 18.0 Å². The molecule has 0 fully saturated rings. The minimum absolute atomic E-state index is 0. The van der Waals surface area contributed by atoms with E-state index in [1.54, 1.807) is 0 Å². The molecule has 1 aromatic carbocycles. The lowest BCUT2D eigenvalue weighted by atomic mass is 9.95. The number of primary amides is 1. The summed E-state index contributed by atoms with van der Waals surface area (Å²) in [6.07, 6.45) is 0. The highest BCUT2D eigenvalue weighted by atomic mass is 35.5. The molecule has 0 saturated carbocycles. The number of carbonyl (C=O) groups is 1. The molecular weight excluding hydrogens is 268 g/mol. The van der Waals surface area contributed by atoms with Gasteiger partial charge in [-0.05, 0) is 11.1 Å². The number of H-pyrrole nitrogens is 1. The topological polar surface area (TPSA) is 85.2 Å². The fraction of sp³-hybridized carbons (Fsp3) is 0.0769. The molecule has 1 aromatic heterocycles. The first-order valence-corrected chi connectivity index (χ1v) is 5.45.